The summed E-state index contributed by atoms with van der Waals surface area (Å²) in [5.41, 5.74) is -0.516. The van der Waals surface area contributed by atoms with E-state index in [2.05, 4.69) is 5.32 Å². The predicted molar refractivity (Wildman–Crippen MR) is 89.1 cm³/mol. The number of fused-ring (bicyclic) bond motifs is 1. The van der Waals surface area contributed by atoms with Crippen molar-refractivity contribution in [3.05, 3.63) is 24.0 Å². The number of rotatable bonds is 3. The third-order valence-corrected chi connectivity index (χ3v) is 3.52. The highest BCUT2D eigenvalue weighted by molar-refractivity contribution is 6.01. The lowest BCUT2D eigenvalue weighted by atomic mass is 10.1. The molecule has 8 heteroatoms. The molecule has 1 aliphatic heterocycles. The lowest BCUT2D eigenvalue weighted by molar-refractivity contribution is -0.122. The number of benzene rings is 1. The molecule has 1 heterocycles. The Hall–Kier alpha value is -2.35. The van der Waals surface area contributed by atoms with Crippen molar-refractivity contribution in [3.63, 3.8) is 0 Å². The summed E-state index contributed by atoms with van der Waals surface area (Å²) >= 11 is 0. The number of ether oxygens (including phenoxy) is 2. The molecule has 0 fully saturated rings. The molecule has 7 nitrogen and oxygen atoms in total. The Bertz CT molecular complexity index is 659. The minimum absolute atomic E-state index is 0.0577. The van der Waals surface area contributed by atoms with E-state index in [1.54, 1.807) is 27.7 Å². The molecule has 2 atom stereocenters. The number of β-amino-alcohol motifs (C(OH)–C–C–N with tert-alkyl or cyclic N) is 1. The molecule has 0 unspecified atom stereocenters. The first-order chi connectivity index (χ1) is 11.6. The molecular weight excluding hydrogens is 331 g/mol. The van der Waals surface area contributed by atoms with Crippen LogP contribution in [0.25, 0.3) is 0 Å². The Morgan fingerprint density at radius 3 is 2.72 bits per heavy atom. The van der Waals surface area contributed by atoms with Gasteiger partial charge in [0.2, 0.25) is 0 Å². The third kappa shape index (κ3) is 4.60. The zero-order chi connectivity index (χ0) is 18.8. The average Bonchev–Trinajstić information content (AvgIpc) is 2.57. The monoisotopic (exact) mass is 354 g/mol. The quantitative estimate of drug-likeness (QED) is 0.865. The molecule has 25 heavy (non-hydrogen) atoms. The fraction of sp³-hybridized carbons (Fsp3) is 0.529. The van der Waals surface area contributed by atoms with Crippen LogP contribution in [0, 0.1) is 5.82 Å². The Labute approximate surface area is 145 Å². The summed E-state index contributed by atoms with van der Waals surface area (Å²) in [6, 6.07) is 2.74. The number of hydrogen-bond acceptors (Lipinski definition) is 5. The number of alkyl carbamates (subject to hydrolysis) is 1. The number of aliphatic hydroxyl groups is 1. The average molecular weight is 354 g/mol. The van der Waals surface area contributed by atoms with E-state index in [1.807, 2.05) is 0 Å². The van der Waals surface area contributed by atoms with Crippen molar-refractivity contribution in [2.24, 2.45) is 0 Å². The van der Waals surface area contributed by atoms with E-state index in [0.717, 1.165) is 6.07 Å². The van der Waals surface area contributed by atoms with E-state index in [9.17, 15) is 19.1 Å². The van der Waals surface area contributed by atoms with Crippen LogP contribution >= 0.6 is 0 Å². The number of hydrogen-bond donors (Lipinski definition) is 2. The summed E-state index contributed by atoms with van der Waals surface area (Å²) in [7, 11) is 0. The Balaban J connectivity index is 2.32. The second kappa shape index (κ2) is 7.26. The zero-order valence-electron chi connectivity index (χ0n) is 14.7. The number of anilines is 1. The van der Waals surface area contributed by atoms with Gasteiger partial charge >= 0.3 is 6.09 Å². The van der Waals surface area contributed by atoms with Crippen molar-refractivity contribution >= 4 is 17.7 Å². The molecule has 1 aromatic carbocycles. The second-order valence-corrected chi connectivity index (χ2v) is 6.77. The Kier molecular flexibility index (Phi) is 5.52. The predicted octanol–water partition coefficient (Wildman–Crippen LogP) is 1.83. The van der Waals surface area contributed by atoms with Crippen molar-refractivity contribution < 1.29 is 28.6 Å². The van der Waals surface area contributed by atoms with Crippen LogP contribution in [0.15, 0.2) is 18.2 Å². The molecule has 1 aliphatic rings. The largest absolute Gasteiger partial charge is 0.486 e. The van der Waals surface area contributed by atoms with Gasteiger partial charge in [-0.1, -0.05) is 0 Å². The van der Waals surface area contributed by atoms with Crippen molar-refractivity contribution in [2.45, 2.75) is 45.4 Å². The van der Waals surface area contributed by atoms with Crippen LogP contribution in [0.4, 0.5) is 14.9 Å². The first kappa shape index (κ1) is 19.0. The molecule has 2 rings (SSSR count). The van der Waals surface area contributed by atoms with Gasteiger partial charge in [0.1, 0.15) is 29.3 Å². The molecule has 0 aromatic heterocycles. The molecule has 0 spiro atoms. The second-order valence-electron chi connectivity index (χ2n) is 6.77. The summed E-state index contributed by atoms with van der Waals surface area (Å²) < 4.78 is 24.5. The van der Waals surface area contributed by atoms with E-state index < -0.39 is 35.6 Å². The summed E-state index contributed by atoms with van der Waals surface area (Å²) in [6.45, 7) is 6.36. The normalized spacial score (nSPS) is 20.4. The minimum atomic E-state index is -1.04. The number of nitrogens with one attached hydrogen (secondary N) is 1. The lowest BCUT2D eigenvalue weighted by Crippen LogP contribution is -2.55. The minimum Gasteiger partial charge on any atom is -0.486 e. The maximum Gasteiger partial charge on any atom is 0.408 e. The summed E-state index contributed by atoms with van der Waals surface area (Å²) in [4.78, 5) is 26.1. The number of aliphatic hydroxyl groups excluding tert-OH is 1. The molecule has 0 aliphatic carbocycles. The molecule has 0 saturated heterocycles. The molecule has 0 radical (unpaired) electrons. The van der Waals surface area contributed by atoms with Crippen molar-refractivity contribution in [2.75, 3.05) is 18.1 Å². The number of halogens is 1. The van der Waals surface area contributed by atoms with Gasteiger partial charge in [-0.2, -0.15) is 0 Å². The standard InChI is InChI=1S/C17H23FN2O5/c1-10-14(19-16(23)25-17(2,3)4)15(22)20(7-8-21)12-9-11(18)5-6-13(12)24-10/h5-6,9-10,14,21H,7-8H2,1-4H3,(H,19,23)/t10-,14+/m1/s1. The van der Waals surface area contributed by atoms with Crippen LogP contribution in [0.3, 0.4) is 0 Å². The summed E-state index contributed by atoms with van der Waals surface area (Å²) in [6.07, 6.45) is -1.48. The Morgan fingerprint density at radius 2 is 2.12 bits per heavy atom. The van der Waals surface area contributed by atoms with Crippen LogP contribution in [0.1, 0.15) is 27.7 Å². The number of nitrogens with zero attached hydrogens (tertiary/aromatic N) is 1. The lowest BCUT2D eigenvalue weighted by Gasteiger charge is -2.27. The fourth-order valence-corrected chi connectivity index (χ4v) is 2.50. The number of carbonyl (C=O) groups is 2. The van der Waals surface area contributed by atoms with Gasteiger partial charge in [0.25, 0.3) is 5.91 Å². The van der Waals surface area contributed by atoms with Crippen LogP contribution in [-0.2, 0) is 9.53 Å². The first-order valence-electron chi connectivity index (χ1n) is 8.00. The molecule has 138 valence electrons. The molecule has 0 bridgehead atoms. The summed E-state index contributed by atoms with van der Waals surface area (Å²) in [5, 5.41) is 11.8. The van der Waals surface area contributed by atoms with E-state index in [-0.39, 0.29) is 18.8 Å². The Morgan fingerprint density at radius 1 is 1.44 bits per heavy atom. The van der Waals surface area contributed by atoms with Crippen LogP contribution in [0.5, 0.6) is 5.75 Å². The number of carbonyl (C=O) groups excluding carboxylic acids is 2. The molecular formula is C17H23FN2O5. The van der Waals surface area contributed by atoms with Gasteiger partial charge in [0.05, 0.1) is 12.3 Å². The maximum absolute atomic E-state index is 13.6. The van der Waals surface area contributed by atoms with Crippen molar-refractivity contribution in [1.29, 1.82) is 0 Å². The van der Waals surface area contributed by atoms with Gasteiger partial charge in [-0.3, -0.25) is 4.79 Å². The van der Waals surface area contributed by atoms with E-state index >= 15 is 0 Å². The van der Waals surface area contributed by atoms with Crippen molar-refractivity contribution in [1.82, 2.24) is 5.32 Å². The van der Waals surface area contributed by atoms with E-state index in [4.69, 9.17) is 9.47 Å². The van der Waals surface area contributed by atoms with Gasteiger partial charge in [0, 0.05) is 12.6 Å². The summed E-state index contributed by atoms with van der Waals surface area (Å²) in [5.74, 6) is -0.759. The van der Waals surface area contributed by atoms with Crippen LogP contribution in [-0.4, -0.2) is 48.0 Å². The van der Waals surface area contributed by atoms with Gasteiger partial charge in [0.15, 0.2) is 0 Å². The van der Waals surface area contributed by atoms with Gasteiger partial charge in [-0.25, -0.2) is 9.18 Å². The van der Waals surface area contributed by atoms with Gasteiger partial charge < -0.3 is 24.8 Å². The van der Waals surface area contributed by atoms with Gasteiger partial charge in [-0.15, -0.1) is 0 Å². The van der Waals surface area contributed by atoms with Crippen LogP contribution < -0.4 is 15.0 Å². The highest BCUT2D eigenvalue weighted by Crippen LogP contribution is 2.33. The molecule has 0 saturated carbocycles. The SMILES string of the molecule is C[C@H]1Oc2ccc(F)cc2N(CCO)C(=O)[C@H]1NC(=O)OC(C)(C)C. The highest BCUT2D eigenvalue weighted by atomic mass is 19.1. The molecule has 2 amide bonds. The van der Waals surface area contributed by atoms with E-state index in [1.165, 1.54) is 17.0 Å². The third-order valence-electron chi connectivity index (χ3n) is 3.52. The van der Waals surface area contributed by atoms with Gasteiger partial charge in [-0.05, 0) is 39.8 Å². The zero-order valence-corrected chi connectivity index (χ0v) is 14.7. The highest BCUT2D eigenvalue weighted by Gasteiger charge is 2.38. The molecule has 2 N–H and O–H groups in total. The smallest absolute Gasteiger partial charge is 0.408 e. The van der Waals surface area contributed by atoms with Crippen LogP contribution in [0.2, 0.25) is 0 Å². The number of amides is 2. The fourth-order valence-electron chi connectivity index (χ4n) is 2.50. The van der Waals surface area contributed by atoms with E-state index in [0.29, 0.717) is 5.75 Å². The topological polar surface area (TPSA) is 88.1 Å². The molecule has 1 aromatic rings. The van der Waals surface area contributed by atoms with Crippen molar-refractivity contribution in [3.8, 4) is 5.75 Å². The first-order valence-corrected chi connectivity index (χ1v) is 8.00. The maximum atomic E-state index is 13.6.